The van der Waals surface area contributed by atoms with Crippen LogP contribution in [0.4, 0.5) is 8.78 Å². The molecule has 1 atom stereocenters. The van der Waals surface area contributed by atoms with Gasteiger partial charge in [0.05, 0.1) is 23.0 Å². The second-order valence-electron chi connectivity index (χ2n) is 7.61. The maximum Gasteiger partial charge on any atom is 0.227 e. The second-order valence-corrected chi connectivity index (χ2v) is 7.61. The van der Waals surface area contributed by atoms with Gasteiger partial charge >= 0.3 is 0 Å². The molecule has 0 spiro atoms. The van der Waals surface area contributed by atoms with Crippen molar-refractivity contribution in [2.45, 2.75) is 46.3 Å². The number of hydrogen-bond donors (Lipinski definition) is 1. The summed E-state index contributed by atoms with van der Waals surface area (Å²) in [7, 11) is 0. The van der Waals surface area contributed by atoms with Crippen LogP contribution in [0.25, 0.3) is 5.69 Å². The molecule has 0 amide bonds. The van der Waals surface area contributed by atoms with Gasteiger partial charge in [-0.25, -0.2) is 13.5 Å². The van der Waals surface area contributed by atoms with Gasteiger partial charge in [0, 0.05) is 19.2 Å². The van der Waals surface area contributed by atoms with E-state index in [0.29, 0.717) is 36.8 Å². The number of hydrogen-bond acceptors (Lipinski definition) is 4. The fraction of sp³-hybridized carbons (Fsp3) is 0.375. The van der Waals surface area contributed by atoms with E-state index in [2.05, 4.69) is 16.9 Å². The van der Waals surface area contributed by atoms with Crippen molar-refractivity contribution in [3.05, 3.63) is 71.4 Å². The highest BCUT2D eigenvalue weighted by atomic mass is 19.1. The maximum atomic E-state index is 13.8. The second kappa shape index (κ2) is 10.5. The molecule has 166 valence electrons. The number of halogens is 2. The Balaban J connectivity index is 2.03. The van der Waals surface area contributed by atoms with Crippen LogP contribution in [0.5, 0.6) is 11.6 Å². The lowest BCUT2D eigenvalue weighted by atomic mass is 10.2. The Morgan fingerprint density at radius 2 is 1.84 bits per heavy atom. The zero-order chi connectivity index (χ0) is 22.4. The molecule has 0 fully saturated rings. The third-order valence-corrected chi connectivity index (χ3v) is 5.08. The Hall–Kier alpha value is -2.77. The monoisotopic (exact) mass is 429 g/mol. The fourth-order valence-corrected chi connectivity index (χ4v) is 3.43. The highest BCUT2D eigenvalue weighted by Gasteiger charge is 2.22. The number of aliphatic hydroxyl groups is 1. The van der Waals surface area contributed by atoms with E-state index < -0.39 is 11.9 Å². The summed E-state index contributed by atoms with van der Waals surface area (Å²) in [5.74, 6) is 0.0485. The summed E-state index contributed by atoms with van der Waals surface area (Å²) in [6.07, 6.45) is 1.18. The lowest BCUT2D eigenvalue weighted by Gasteiger charge is -2.24. The van der Waals surface area contributed by atoms with Gasteiger partial charge in [0.1, 0.15) is 17.4 Å². The number of ether oxygens (including phenoxy) is 1. The Morgan fingerprint density at radius 3 is 2.48 bits per heavy atom. The van der Waals surface area contributed by atoms with Crippen LogP contribution in [0.2, 0.25) is 0 Å². The van der Waals surface area contributed by atoms with Crippen molar-refractivity contribution >= 4 is 0 Å². The molecule has 5 nitrogen and oxygen atoms in total. The van der Waals surface area contributed by atoms with E-state index >= 15 is 0 Å². The predicted octanol–water partition coefficient (Wildman–Crippen LogP) is 5.23. The van der Waals surface area contributed by atoms with Gasteiger partial charge < -0.3 is 9.84 Å². The van der Waals surface area contributed by atoms with Crippen LogP contribution in [-0.4, -0.2) is 39.0 Å². The average molecular weight is 430 g/mol. The van der Waals surface area contributed by atoms with Crippen molar-refractivity contribution in [2.24, 2.45) is 0 Å². The SMILES string of the molecule is CCCN(Cc1c(C)nn(-c2ccc(F)cc2)c1Oc1cccc(F)c1)C[C@@H](O)CC. The van der Waals surface area contributed by atoms with Crippen molar-refractivity contribution in [1.29, 1.82) is 0 Å². The van der Waals surface area contributed by atoms with Crippen LogP contribution in [0.15, 0.2) is 48.5 Å². The van der Waals surface area contributed by atoms with Crippen molar-refractivity contribution in [3.8, 4) is 17.3 Å². The van der Waals surface area contributed by atoms with Gasteiger partial charge in [-0.05, 0) is 62.7 Å². The fourth-order valence-electron chi connectivity index (χ4n) is 3.43. The van der Waals surface area contributed by atoms with Gasteiger partial charge in [0.2, 0.25) is 5.88 Å². The minimum Gasteiger partial charge on any atom is -0.438 e. The third kappa shape index (κ3) is 5.89. The molecule has 31 heavy (non-hydrogen) atoms. The molecular weight excluding hydrogens is 400 g/mol. The summed E-state index contributed by atoms with van der Waals surface area (Å²) in [6, 6.07) is 11.9. The lowest BCUT2D eigenvalue weighted by molar-refractivity contribution is 0.105. The molecule has 1 N–H and O–H groups in total. The number of benzene rings is 2. The van der Waals surface area contributed by atoms with Crippen LogP contribution in [0.3, 0.4) is 0 Å². The lowest BCUT2D eigenvalue weighted by Crippen LogP contribution is -2.32. The van der Waals surface area contributed by atoms with Crippen LogP contribution in [0, 0.1) is 18.6 Å². The Morgan fingerprint density at radius 1 is 1.10 bits per heavy atom. The van der Waals surface area contributed by atoms with E-state index in [4.69, 9.17) is 4.74 Å². The topological polar surface area (TPSA) is 50.5 Å². The first kappa shape index (κ1) is 22.9. The summed E-state index contributed by atoms with van der Waals surface area (Å²) in [4.78, 5) is 2.16. The number of aliphatic hydroxyl groups excluding tert-OH is 1. The van der Waals surface area contributed by atoms with Gasteiger partial charge in [-0.2, -0.15) is 5.10 Å². The van der Waals surface area contributed by atoms with Gasteiger partial charge in [-0.1, -0.05) is 19.9 Å². The smallest absolute Gasteiger partial charge is 0.227 e. The number of aromatic nitrogens is 2. The molecule has 3 aromatic rings. The van der Waals surface area contributed by atoms with E-state index in [0.717, 1.165) is 24.2 Å². The molecule has 7 heteroatoms. The van der Waals surface area contributed by atoms with Crippen LogP contribution in [-0.2, 0) is 6.54 Å². The standard InChI is InChI=1S/C24H29F2N3O2/c1-4-13-28(15-21(30)5-2)16-23-17(3)27-29(20-11-9-18(25)10-12-20)24(23)31-22-8-6-7-19(26)14-22/h6-12,14,21,30H,4-5,13,15-16H2,1-3H3/t21-/m0/s1. The van der Waals surface area contributed by atoms with E-state index in [1.165, 1.54) is 24.3 Å². The minimum atomic E-state index is -0.424. The zero-order valence-corrected chi connectivity index (χ0v) is 18.2. The summed E-state index contributed by atoms with van der Waals surface area (Å²) in [5, 5.41) is 14.8. The van der Waals surface area contributed by atoms with Crippen molar-refractivity contribution < 1.29 is 18.6 Å². The molecule has 0 saturated carbocycles. The highest BCUT2D eigenvalue weighted by Crippen LogP contribution is 2.32. The van der Waals surface area contributed by atoms with Crippen LogP contribution in [0.1, 0.15) is 37.9 Å². The maximum absolute atomic E-state index is 13.8. The van der Waals surface area contributed by atoms with E-state index in [1.54, 1.807) is 28.9 Å². The predicted molar refractivity (Wildman–Crippen MR) is 117 cm³/mol. The molecule has 2 aromatic carbocycles. The third-order valence-electron chi connectivity index (χ3n) is 5.08. The Bertz CT molecular complexity index is 989. The molecule has 0 bridgehead atoms. The van der Waals surface area contributed by atoms with Crippen molar-refractivity contribution in [3.63, 3.8) is 0 Å². The molecule has 1 heterocycles. The highest BCUT2D eigenvalue weighted by molar-refractivity contribution is 5.43. The normalized spacial score (nSPS) is 12.4. The average Bonchev–Trinajstić information content (AvgIpc) is 3.04. The minimum absolute atomic E-state index is 0.344. The molecule has 3 rings (SSSR count). The number of rotatable bonds is 10. The van der Waals surface area contributed by atoms with Crippen molar-refractivity contribution in [1.82, 2.24) is 14.7 Å². The van der Waals surface area contributed by atoms with Gasteiger partial charge in [0.15, 0.2) is 0 Å². The zero-order valence-electron chi connectivity index (χ0n) is 18.2. The summed E-state index contributed by atoms with van der Waals surface area (Å²) in [6.45, 7) is 7.77. The first-order valence-corrected chi connectivity index (χ1v) is 10.6. The van der Waals surface area contributed by atoms with Crippen LogP contribution < -0.4 is 4.74 Å². The molecule has 0 radical (unpaired) electrons. The molecule has 0 unspecified atom stereocenters. The number of nitrogens with zero attached hydrogens (tertiary/aromatic N) is 3. The van der Waals surface area contributed by atoms with Gasteiger partial charge in [0.25, 0.3) is 0 Å². The summed E-state index contributed by atoms with van der Waals surface area (Å²) >= 11 is 0. The Kier molecular flexibility index (Phi) is 7.76. The summed E-state index contributed by atoms with van der Waals surface area (Å²) in [5.41, 5.74) is 2.23. The molecule has 0 aliphatic heterocycles. The molecule has 0 aliphatic carbocycles. The molecular formula is C24H29F2N3O2. The molecule has 1 aromatic heterocycles. The van der Waals surface area contributed by atoms with Crippen molar-refractivity contribution in [2.75, 3.05) is 13.1 Å². The molecule has 0 saturated heterocycles. The molecule has 0 aliphatic rings. The van der Waals surface area contributed by atoms with Crippen LogP contribution >= 0.6 is 0 Å². The van der Waals surface area contributed by atoms with Gasteiger partial charge in [-0.3, -0.25) is 4.90 Å². The van der Waals surface area contributed by atoms with E-state index in [-0.39, 0.29) is 5.82 Å². The first-order chi connectivity index (χ1) is 14.9. The first-order valence-electron chi connectivity index (χ1n) is 10.6. The van der Waals surface area contributed by atoms with E-state index in [9.17, 15) is 13.9 Å². The quantitative estimate of drug-likeness (QED) is 0.479. The van der Waals surface area contributed by atoms with Gasteiger partial charge in [-0.15, -0.1) is 0 Å². The van der Waals surface area contributed by atoms with E-state index in [1.807, 2.05) is 13.8 Å². The number of aryl methyl sites for hydroxylation is 1. The Labute approximate surface area is 181 Å². The largest absolute Gasteiger partial charge is 0.438 e. The summed E-state index contributed by atoms with van der Waals surface area (Å²) < 4.78 is 34.9.